The summed E-state index contributed by atoms with van der Waals surface area (Å²) in [6, 6.07) is 5.81. The maximum absolute atomic E-state index is 12.4. The summed E-state index contributed by atoms with van der Waals surface area (Å²) in [5.41, 5.74) is 0.0967. The van der Waals surface area contributed by atoms with Crippen molar-refractivity contribution in [3.05, 3.63) is 29.8 Å². The second kappa shape index (κ2) is 7.79. The van der Waals surface area contributed by atoms with E-state index in [-0.39, 0.29) is 29.9 Å². The zero-order valence-corrected chi connectivity index (χ0v) is 11.6. The van der Waals surface area contributed by atoms with Gasteiger partial charge in [-0.3, -0.25) is 4.79 Å². The Labute approximate surface area is 117 Å². The number of carbonyl (C=O) groups is 1. The first-order valence-electron chi connectivity index (χ1n) is 6.43. The zero-order valence-electron chi connectivity index (χ0n) is 11.6. The van der Waals surface area contributed by atoms with E-state index >= 15 is 0 Å². The molecule has 0 aromatic heterocycles. The first-order valence-corrected chi connectivity index (χ1v) is 6.43. The van der Waals surface area contributed by atoms with Crippen molar-refractivity contribution < 1.29 is 23.4 Å². The molecule has 0 aliphatic heterocycles. The highest BCUT2D eigenvalue weighted by Gasteiger charge is 2.22. The Balaban J connectivity index is 2.99. The molecule has 0 radical (unpaired) electrons. The van der Waals surface area contributed by atoms with E-state index < -0.39 is 6.61 Å². The van der Waals surface area contributed by atoms with Gasteiger partial charge in [-0.1, -0.05) is 12.1 Å². The van der Waals surface area contributed by atoms with Gasteiger partial charge in [0.15, 0.2) is 0 Å². The van der Waals surface area contributed by atoms with E-state index in [0.29, 0.717) is 13.0 Å². The largest absolute Gasteiger partial charge is 0.434 e. The highest BCUT2D eigenvalue weighted by molar-refractivity contribution is 5.97. The van der Waals surface area contributed by atoms with Crippen LogP contribution in [0.1, 0.15) is 30.6 Å². The monoisotopic (exact) mass is 287 g/mol. The molecule has 0 aliphatic rings. The average Bonchev–Trinajstić information content (AvgIpc) is 2.38. The minimum absolute atomic E-state index is 0.0360. The Kier molecular flexibility index (Phi) is 6.38. The molecule has 1 aromatic rings. The van der Waals surface area contributed by atoms with Crippen molar-refractivity contribution in [2.24, 2.45) is 0 Å². The van der Waals surface area contributed by atoms with E-state index in [9.17, 15) is 13.6 Å². The maximum Gasteiger partial charge on any atom is 0.387 e. The van der Waals surface area contributed by atoms with Crippen LogP contribution >= 0.6 is 0 Å². The first kappa shape index (κ1) is 16.4. The summed E-state index contributed by atoms with van der Waals surface area (Å²) in [7, 11) is 0. The van der Waals surface area contributed by atoms with Crippen molar-refractivity contribution in [3.63, 3.8) is 0 Å². The standard InChI is InChI=1S/C14H19F2NO3/c1-10(2)17(8-5-9-18)13(19)11-6-3-4-7-12(11)20-14(15)16/h3-4,6-7,10,14,18H,5,8-9H2,1-2H3. The molecule has 0 aliphatic carbocycles. The number of ether oxygens (including phenoxy) is 1. The molecule has 112 valence electrons. The van der Waals surface area contributed by atoms with Crippen molar-refractivity contribution in [3.8, 4) is 5.75 Å². The SMILES string of the molecule is CC(C)N(CCCO)C(=O)c1ccccc1OC(F)F. The zero-order chi connectivity index (χ0) is 15.1. The number of aliphatic hydroxyl groups excluding tert-OH is 1. The number of benzene rings is 1. The molecule has 0 bridgehead atoms. The van der Waals surface area contributed by atoms with Crippen molar-refractivity contribution in [1.82, 2.24) is 4.90 Å². The Morgan fingerprint density at radius 1 is 1.35 bits per heavy atom. The summed E-state index contributed by atoms with van der Waals surface area (Å²) < 4.78 is 29.1. The molecule has 0 heterocycles. The number of hydrogen-bond acceptors (Lipinski definition) is 3. The molecule has 0 unspecified atom stereocenters. The topological polar surface area (TPSA) is 49.8 Å². The number of para-hydroxylation sites is 1. The van der Waals surface area contributed by atoms with Crippen LogP contribution in [0, 0.1) is 0 Å². The lowest BCUT2D eigenvalue weighted by Gasteiger charge is -2.27. The highest BCUT2D eigenvalue weighted by Crippen LogP contribution is 2.22. The van der Waals surface area contributed by atoms with E-state index in [1.807, 2.05) is 13.8 Å². The molecule has 0 saturated carbocycles. The van der Waals surface area contributed by atoms with E-state index in [0.717, 1.165) is 0 Å². The van der Waals surface area contributed by atoms with Crippen LogP contribution in [-0.2, 0) is 0 Å². The Morgan fingerprint density at radius 2 is 2.00 bits per heavy atom. The van der Waals surface area contributed by atoms with Gasteiger partial charge in [0.1, 0.15) is 5.75 Å². The second-order valence-corrected chi connectivity index (χ2v) is 4.54. The van der Waals surface area contributed by atoms with Gasteiger partial charge in [-0.15, -0.1) is 0 Å². The third-order valence-electron chi connectivity index (χ3n) is 2.77. The van der Waals surface area contributed by atoms with Crippen LogP contribution < -0.4 is 4.74 Å². The summed E-state index contributed by atoms with van der Waals surface area (Å²) in [6.07, 6.45) is 0.432. The van der Waals surface area contributed by atoms with Crippen LogP contribution in [0.3, 0.4) is 0 Å². The fourth-order valence-electron chi connectivity index (χ4n) is 1.83. The van der Waals surface area contributed by atoms with Crippen LogP contribution in [0.5, 0.6) is 5.75 Å². The fraction of sp³-hybridized carbons (Fsp3) is 0.500. The summed E-state index contributed by atoms with van der Waals surface area (Å²) in [6.45, 7) is 0.994. The van der Waals surface area contributed by atoms with Gasteiger partial charge in [0, 0.05) is 19.2 Å². The lowest BCUT2D eigenvalue weighted by atomic mass is 10.1. The minimum atomic E-state index is -2.98. The lowest BCUT2D eigenvalue weighted by Crippen LogP contribution is -2.38. The number of amides is 1. The predicted octanol–water partition coefficient (Wildman–Crippen LogP) is 2.52. The third-order valence-corrected chi connectivity index (χ3v) is 2.77. The van der Waals surface area contributed by atoms with Crippen LogP contribution in [0.2, 0.25) is 0 Å². The van der Waals surface area contributed by atoms with Crippen LogP contribution in [0.25, 0.3) is 0 Å². The number of hydrogen-bond donors (Lipinski definition) is 1. The Morgan fingerprint density at radius 3 is 2.55 bits per heavy atom. The molecular formula is C14H19F2NO3. The van der Waals surface area contributed by atoms with Gasteiger partial charge in [0.05, 0.1) is 5.56 Å². The van der Waals surface area contributed by atoms with Gasteiger partial charge in [-0.25, -0.2) is 0 Å². The van der Waals surface area contributed by atoms with Crippen molar-refractivity contribution in [2.75, 3.05) is 13.2 Å². The molecule has 0 spiro atoms. The number of carbonyl (C=O) groups excluding carboxylic acids is 1. The van der Waals surface area contributed by atoms with E-state index in [4.69, 9.17) is 5.11 Å². The third kappa shape index (κ3) is 4.45. The number of nitrogens with zero attached hydrogens (tertiary/aromatic N) is 1. The minimum Gasteiger partial charge on any atom is -0.434 e. The molecule has 1 rings (SSSR count). The average molecular weight is 287 g/mol. The van der Waals surface area contributed by atoms with Crippen molar-refractivity contribution in [2.45, 2.75) is 32.9 Å². The summed E-state index contributed by atoms with van der Waals surface area (Å²) in [5.74, 6) is -0.521. The van der Waals surface area contributed by atoms with E-state index in [2.05, 4.69) is 4.74 Å². The molecule has 4 nitrogen and oxygen atoms in total. The van der Waals surface area contributed by atoms with E-state index in [1.54, 1.807) is 6.07 Å². The maximum atomic E-state index is 12.4. The number of rotatable bonds is 7. The molecule has 1 aromatic carbocycles. The molecule has 0 saturated heterocycles. The van der Waals surface area contributed by atoms with Crippen molar-refractivity contribution in [1.29, 1.82) is 0 Å². The van der Waals surface area contributed by atoms with Gasteiger partial charge >= 0.3 is 6.61 Å². The summed E-state index contributed by atoms with van der Waals surface area (Å²) >= 11 is 0. The fourth-order valence-corrected chi connectivity index (χ4v) is 1.83. The van der Waals surface area contributed by atoms with Crippen LogP contribution in [0.15, 0.2) is 24.3 Å². The number of aliphatic hydroxyl groups is 1. The normalized spacial score (nSPS) is 10.9. The quantitative estimate of drug-likeness (QED) is 0.838. The number of halogens is 2. The molecule has 1 N–H and O–H groups in total. The highest BCUT2D eigenvalue weighted by atomic mass is 19.3. The van der Waals surface area contributed by atoms with Gasteiger partial charge in [-0.05, 0) is 32.4 Å². The van der Waals surface area contributed by atoms with Gasteiger partial charge in [0.2, 0.25) is 0 Å². The van der Waals surface area contributed by atoms with Crippen molar-refractivity contribution >= 4 is 5.91 Å². The van der Waals surface area contributed by atoms with E-state index in [1.165, 1.54) is 23.1 Å². The molecule has 0 atom stereocenters. The van der Waals surface area contributed by atoms with Crippen LogP contribution in [-0.4, -0.2) is 41.7 Å². The summed E-state index contributed by atoms with van der Waals surface area (Å²) in [4.78, 5) is 13.9. The Bertz CT molecular complexity index is 438. The molecule has 0 fully saturated rings. The first-order chi connectivity index (χ1) is 9.47. The smallest absolute Gasteiger partial charge is 0.387 e. The molecule has 6 heteroatoms. The van der Waals surface area contributed by atoms with Gasteiger partial charge < -0.3 is 14.7 Å². The van der Waals surface area contributed by atoms with Gasteiger partial charge in [-0.2, -0.15) is 8.78 Å². The summed E-state index contributed by atoms with van der Waals surface area (Å²) in [5, 5.41) is 8.86. The predicted molar refractivity (Wildman–Crippen MR) is 70.9 cm³/mol. The van der Waals surface area contributed by atoms with Gasteiger partial charge in [0.25, 0.3) is 5.91 Å². The lowest BCUT2D eigenvalue weighted by molar-refractivity contribution is -0.0503. The Hall–Kier alpha value is -1.69. The van der Waals surface area contributed by atoms with Crippen LogP contribution in [0.4, 0.5) is 8.78 Å². The molecule has 20 heavy (non-hydrogen) atoms. The second-order valence-electron chi connectivity index (χ2n) is 4.54. The molecule has 1 amide bonds. The number of alkyl halides is 2. The molecular weight excluding hydrogens is 268 g/mol.